The maximum atomic E-state index is 11.0. The molecule has 0 aliphatic heterocycles. The molecule has 0 spiro atoms. The van der Waals surface area contributed by atoms with Crippen LogP contribution in [0.4, 0.5) is 0 Å². The summed E-state index contributed by atoms with van der Waals surface area (Å²) in [5.74, 6) is -0.472. The molecule has 0 aliphatic carbocycles. The monoisotopic (exact) mass is 280 g/mol. The molecule has 0 fully saturated rings. The first-order valence-electron chi connectivity index (χ1n) is 6.38. The molecule has 0 radical (unpaired) electrons. The second-order valence-corrected chi connectivity index (χ2v) is 4.51. The molecular weight excluding hydrogens is 268 g/mol. The number of aromatic carboxylic acids is 1. The second kappa shape index (κ2) is 5.58. The van der Waals surface area contributed by atoms with Crippen LogP contribution in [0.1, 0.15) is 15.9 Å². The van der Waals surface area contributed by atoms with Crippen molar-refractivity contribution in [3.05, 3.63) is 66.1 Å². The Morgan fingerprint density at radius 2 is 2.10 bits per heavy atom. The Balaban J connectivity index is 1.90. The first-order chi connectivity index (χ1) is 10.2. The molecule has 1 N–H and O–H groups in total. The van der Waals surface area contributed by atoms with Crippen LogP contribution < -0.4 is 4.74 Å². The number of hydrogen-bond donors (Lipinski definition) is 1. The largest absolute Gasteiger partial charge is 0.478 e. The fourth-order valence-electron chi connectivity index (χ4n) is 2.03. The highest BCUT2D eigenvalue weighted by Crippen LogP contribution is 2.24. The van der Waals surface area contributed by atoms with E-state index in [2.05, 4.69) is 9.97 Å². The Bertz CT molecular complexity index is 788. The van der Waals surface area contributed by atoms with E-state index >= 15 is 0 Å². The highest BCUT2D eigenvalue weighted by molar-refractivity contribution is 5.95. The molecule has 0 saturated carbocycles. The zero-order valence-electron chi connectivity index (χ0n) is 11.1. The molecule has 1 aromatic carbocycles. The lowest BCUT2D eigenvalue weighted by molar-refractivity contribution is 0.0697. The van der Waals surface area contributed by atoms with E-state index in [1.807, 2.05) is 12.1 Å². The molecule has 5 nitrogen and oxygen atoms in total. The van der Waals surface area contributed by atoms with E-state index in [9.17, 15) is 4.79 Å². The molecule has 0 aliphatic rings. The van der Waals surface area contributed by atoms with Gasteiger partial charge in [0.2, 0.25) is 5.88 Å². The summed E-state index contributed by atoms with van der Waals surface area (Å²) in [6, 6.07) is 10.4. The Hall–Kier alpha value is -2.95. The maximum absolute atomic E-state index is 11.0. The Morgan fingerprint density at radius 1 is 1.19 bits per heavy atom. The van der Waals surface area contributed by atoms with Crippen molar-refractivity contribution in [2.75, 3.05) is 0 Å². The Kier molecular flexibility index (Phi) is 3.47. The van der Waals surface area contributed by atoms with Crippen LogP contribution in [0.3, 0.4) is 0 Å². The number of rotatable bonds is 4. The minimum Gasteiger partial charge on any atom is -0.478 e. The lowest BCUT2D eigenvalue weighted by Crippen LogP contribution is -1.99. The minimum absolute atomic E-state index is 0.243. The van der Waals surface area contributed by atoms with Crippen molar-refractivity contribution >= 4 is 16.7 Å². The Labute approximate surface area is 120 Å². The van der Waals surface area contributed by atoms with Gasteiger partial charge in [0.25, 0.3) is 0 Å². The van der Waals surface area contributed by atoms with Gasteiger partial charge in [-0.25, -0.2) is 9.78 Å². The van der Waals surface area contributed by atoms with Crippen molar-refractivity contribution in [2.45, 2.75) is 6.61 Å². The van der Waals surface area contributed by atoms with Gasteiger partial charge in [-0.1, -0.05) is 6.07 Å². The van der Waals surface area contributed by atoms with E-state index in [-0.39, 0.29) is 5.56 Å². The first kappa shape index (κ1) is 13.1. The van der Waals surface area contributed by atoms with Gasteiger partial charge < -0.3 is 9.84 Å². The van der Waals surface area contributed by atoms with Gasteiger partial charge in [-0.2, -0.15) is 0 Å². The average Bonchev–Trinajstić information content (AvgIpc) is 2.53. The molecule has 2 heterocycles. The van der Waals surface area contributed by atoms with Gasteiger partial charge >= 0.3 is 5.97 Å². The van der Waals surface area contributed by atoms with E-state index in [1.165, 1.54) is 0 Å². The molecule has 21 heavy (non-hydrogen) atoms. The number of aromatic nitrogens is 2. The van der Waals surface area contributed by atoms with Crippen LogP contribution in [0.25, 0.3) is 10.8 Å². The molecule has 5 heteroatoms. The van der Waals surface area contributed by atoms with Gasteiger partial charge in [0.1, 0.15) is 6.61 Å². The van der Waals surface area contributed by atoms with Crippen molar-refractivity contribution < 1.29 is 14.6 Å². The SMILES string of the molecule is O=C(O)c1ccc2c(OCc3cccnc3)nccc2c1. The molecule has 3 aromatic rings. The number of hydrogen-bond acceptors (Lipinski definition) is 4. The molecule has 0 saturated heterocycles. The fourth-order valence-corrected chi connectivity index (χ4v) is 2.03. The van der Waals surface area contributed by atoms with Gasteiger partial charge in [-0.05, 0) is 35.7 Å². The number of carbonyl (C=O) groups is 1. The molecule has 0 atom stereocenters. The number of ether oxygens (including phenoxy) is 1. The van der Waals surface area contributed by atoms with Gasteiger partial charge in [-0.15, -0.1) is 0 Å². The zero-order chi connectivity index (χ0) is 14.7. The van der Waals surface area contributed by atoms with Crippen LogP contribution in [0, 0.1) is 0 Å². The van der Waals surface area contributed by atoms with Gasteiger partial charge in [-0.3, -0.25) is 4.98 Å². The summed E-state index contributed by atoms with van der Waals surface area (Å²) < 4.78 is 5.71. The smallest absolute Gasteiger partial charge is 0.335 e. The highest BCUT2D eigenvalue weighted by Gasteiger charge is 2.08. The summed E-state index contributed by atoms with van der Waals surface area (Å²) >= 11 is 0. The molecular formula is C16H12N2O3. The second-order valence-electron chi connectivity index (χ2n) is 4.51. The van der Waals surface area contributed by atoms with Gasteiger partial charge in [0, 0.05) is 29.5 Å². The van der Waals surface area contributed by atoms with Crippen LogP contribution in [-0.2, 0) is 6.61 Å². The van der Waals surface area contributed by atoms with Crippen molar-refractivity contribution in [1.29, 1.82) is 0 Å². The van der Waals surface area contributed by atoms with Crippen LogP contribution in [0.15, 0.2) is 55.0 Å². The molecule has 0 unspecified atom stereocenters. The summed E-state index contributed by atoms with van der Waals surface area (Å²) in [4.78, 5) is 19.2. The summed E-state index contributed by atoms with van der Waals surface area (Å²) in [5, 5.41) is 10.6. The summed E-state index contributed by atoms with van der Waals surface area (Å²) in [7, 11) is 0. The first-order valence-corrected chi connectivity index (χ1v) is 6.38. The summed E-state index contributed by atoms with van der Waals surface area (Å²) in [5.41, 5.74) is 1.19. The average molecular weight is 280 g/mol. The number of nitrogens with zero attached hydrogens (tertiary/aromatic N) is 2. The van der Waals surface area contributed by atoms with Crippen LogP contribution >= 0.6 is 0 Å². The van der Waals surface area contributed by atoms with E-state index in [4.69, 9.17) is 9.84 Å². The third-order valence-corrected chi connectivity index (χ3v) is 3.07. The lowest BCUT2D eigenvalue weighted by Gasteiger charge is -2.08. The number of pyridine rings is 2. The molecule has 3 rings (SSSR count). The minimum atomic E-state index is -0.952. The molecule has 0 bridgehead atoms. The van der Waals surface area contributed by atoms with Crippen molar-refractivity contribution in [1.82, 2.24) is 9.97 Å². The predicted octanol–water partition coefficient (Wildman–Crippen LogP) is 2.91. The van der Waals surface area contributed by atoms with Crippen LogP contribution in [0.5, 0.6) is 5.88 Å². The van der Waals surface area contributed by atoms with Crippen molar-refractivity contribution in [3.63, 3.8) is 0 Å². The number of fused-ring (bicyclic) bond motifs is 1. The predicted molar refractivity (Wildman–Crippen MR) is 77.3 cm³/mol. The normalized spacial score (nSPS) is 10.5. The van der Waals surface area contributed by atoms with Crippen LogP contribution in [-0.4, -0.2) is 21.0 Å². The maximum Gasteiger partial charge on any atom is 0.335 e. The lowest BCUT2D eigenvalue weighted by atomic mass is 10.1. The number of benzene rings is 1. The topological polar surface area (TPSA) is 72.3 Å². The van der Waals surface area contributed by atoms with Crippen molar-refractivity contribution in [3.8, 4) is 5.88 Å². The number of carboxylic acid groups (broad SMARTS) is 1. The quantitative estimate of drug-likeness (QED) is 0.795. The molecule has 0 amide bonds. The van der Waals surface area contributed by atoms with Gasteiger partial charge in [0.15, 0.2) is 0 Å². The zero-order valence-corrected chi connectivity index (χ0v) is 11.1. The van der Waals surface area contributed by atoms with Crippen molar-refractivity contribution in [2.24, 2.45) is 0 Å². The summed E-state index contributed by atoms with van der Waals surface area (Å²) in [6.45, 7) is 0.362. The molecule has 2 aromatic heterocycles. The summed E-state index contributed by atoms with van der Waals surface area (Å²) in [6.07, 6.45) is 5.04. The third-order valence-electron chi connectivity index (χ3n) is 3.07. The Morgan fingerprint density at radius 3 is 2.86 bits per heavy atom. The third kappa shape index (κ3) is 2.81. The van der Waals surface area contributed by atoms with E-state index in [0.717, 1.165) is 16.3 Å². The van der Waals surface area contributed by atoms with E-state index < -0.39 is 5.97 Å². The molecule has 104 valence electrons. The van der Waals surface area contributed by atoms with Crippen LogP contribution in [0.2, 0.25) is 0 Å². The standard InChI is InChI=1S/C16H12N2O3/c19-16(20)13-3-4-14-12(8-13)5-7-18-15(14)21-10-11-2-1-6-17-9-11/h1-9H,10H2,(H,19,20). The number of carboxylic acids is 1. The van der Waals surface area contributed by atoms with E-state index in [1.54, 1.807) is 42.9 Å². The fraction of sp³-hybridized carbons (Fsp3) is 0.0625. The highest BCUT2D eigenvalue weighted by atomic mass is 16.5. The van der Waals surface area contributed by atoms with Gasteiger partial charge in [0.05, 0.1) is 5.56 Å². The van der Waals surface area contributed by atoms with E-state index in [0.29, 0.717) is 12.5 Å².